The van der Waals surface area contributed by atoms with E-state index in [0.29, 0.717) is 29.8 Å². The molecule has 0 spiro atoms. The first-order chi connectivity index (χ1) is 11.5. The molecule has 126 valence electrons. The topological polar surface area (TPSA) is 99.8 Å². The van der Waals surface area contributed by atoms with Gasteiger partial charge in [0.25, 0.3) is 0 Å². The Morgan fingerprint density at radius 1 is 1.25 bits per heavy atom. The Morgan fingerprint density at radius 3 is 2.79 bits per heavy atom. The summed E-state index contributed by atoms with van der Waals surface area (Å²) in [5.41, 5.74) is 1.37. The highest BCUT2D eigenvalue weighted by atomic mass is 32.2. The third-order valence-electron chi connectivity index (χ3n) is 3.48. The molecule has 0 saturated heterocycles. The van der Waals surface area contributed by atoms with Crippen LogP contribution in [0.4, 0.5) is 10.2 Å². The number of aromatic amines is 1. The van der Waals surface area contributed by atoms with Crippen LogP contribution >= 0.6 is 0 Å². The monoisotopic (exact) mass is 349 g/mol. The number of rotatable bonds is 6. The summed E-state index contributed by atoms with van der Waals surface area (Å²) in [4.78, 5) is 11.6. The van der Waals surface area contributed by atoms with Gasteiger partial charge in [-0.05, 0) is 37.4 Å². The van der Waals surface area contributed by atoms with Gasteiger partial charge in [0.1, 0.15) is 22.4 Å². The molecule has 7 nitrogen and oxygen atoms in total. The van der Waals surface area contributed by atoms with Crippen LogP contribution in [0.3, 0.4) is 0 Å². The summed E-state index contributed by atoms with van der Waals surface area (Å²) in [6.45, 7) is 0.549. The third kappa shape index (κ3) is 3.52. The van der Waals surface area contributed by atoms with Gasteiger partial charge in [0.05, 0.1) is 11.0 Å². The summed E-state index contributed by atoms with van der Waals surface area (Å²) in [7, 11) is -2.13. The molecule has 2 aromatic heterocycles. The molecule has 3 rings (SSSR count). The maximum Gasteiger partial charge on any atom is 0.241 e. The third-order valence-corrected chi connectivity index (χ3v) is 4.88. The molecule has 0 aliphatic rings. The number of pyridine rings is 1. The molecular weight excluding hydrogens is 333 g/mol. The number of hydrogen-bond donors (Lipinski definition) is 3. The van der Waals surface area contributed by atoms with Gasteiger partial charge >= 0.3 is 0 Å². The fourth-order valence-electron chi connectivity index (χ4n) is 2.22. The van der Waals surface area contributed by atoms with Crippen LogP contribution in [0.5, 0.6) is 0 Å². The average Bonchev–Trinajstić information content (AvgIpc) is 2.97. The normalized spacial score (nSPS) is 11.8. The minimum atomic E-state index is -3.48. The first kappa shape index (κ1) is 16.3. The lowest BCUT2D eigenvalue weighted by atomic mass is 10.3. The largest absolute Gasteiger partial charge is 0.370 e. The number of aromatic nitrogens is 3. The molecule has 3 N–H and O–H groups in total. The lowest BCUT2D eigenvalue weighted by Crippen LogP contribution is -2.18. The van der Waals surface area contributed by atoms with Crippen molar-refractivity contribution in [1.82, 2.24) is 19.7 Å². The van der Waals surface area contributed by atoms with Gasteiger partial charge in [-0.1, -0.05) is 0 Å². The molecule has 1 aromatic carbocycles. The highest BCUT2D eigenvalue weighted by Gasteiger charge is 2.11. The molecule has 3 aromatic rings. The predicted octanol–water partition coefficient (Wildman–Crippen LogP) is 1.66. The maximum absolute atomic E-state index is 13.1. The Labute approximate surface area is 138 Å². The van der Waals surface area contributed by atoms with Gasteiger partial charge in [-0.3, -0.25) is 0 Å². The van der Waals surface area contributed by atoms with Crippen molar-refractivity contribution in [3.05, 3.63) is 48.2 Å². The van der Waals surface area contributed by atoms with Crippen LogP contribution in [-0.2, 0) is 16.4 Å². The van der Waals surface area contributed by atoms with Crippen LogP contribution in [0, 0.1) is 5.82 Å². The van der Waals surface area contributed by atoms with Crippen LogP contribution < -0.4 is 10.0 Å². The Bertz CT molecular complexity index is 954. The molecule has 0 aliphatic carbocycles. The van der Waals surface area contributed by atoms with Crippen molar-refractivity contribution in [2.45, 2.75) is 11.3 Å². The summed E-state index contributed by atoms with van der Waals surface area (Å²) in [6.07, 6.45) is 1.88. The van der Waals surface area contributed by atoms with Gasteiger partial charge in [-0.25, -0.2) is 27.5 Å². The summed E-state index contributed by atoms with van der Waals surface area (Å²) in [5, 5.41) is 3.09. The molecule has 0 aliphatic heterocycles. The summed E-state index contributed by atoms with van der Waals surface area (Å²) >= 11 is 0. The molecular formula is C15H16FN5O2S. The number of benzene rings is 1. The SMILES string of the molecule is CNS(=O)(=O)c1ccc(NCCc2nc3ccc(F)cc3[nH]2)nc1. The lowest BCUT2D eigenvalue weighted by molar-refractivity contribution is 0.588. The van der Waals surface area contributed by atoms with Gasteiger partial charge in [-0.15, -0.1) is 0 Å². The number of hydrogen-bond acceptors (Lipinski definition) is 5. The van der Waals surface area contributed by atoms with Gasteiger partial charge < -0.3 is 10.3 Å². The van der Waals surface area contributed by atoms with Crippen molar-refractivity contribution in [2.24, 2.45) is 0 Å². The van der Waals surface area contributed by atoms with E-state index in [4.69, 9.17) is 0 Å². The number of anilines is 1. The molecule has 0 bridgehead atoms. The van der Waals surface area contributed by atoms with Crippen molar-refractivity contribution in [1.29, 1.82) is 0 Å². The average molecular weight is 349 g/mol. The second-order valence-corrected chi connectivity index (χ2v) is 6.99. The number of imidazole rings is 1. The minimum absolute atomic E-state index is 0.106. The van der Waals surface area contributed by atoms with E-state index in [-0.39, 0.29) is 10.7 Å². The molecule has 0 fully saturated rings. The quantitative estimate of drug-likeness (QED) is 0.628. The van der Waals surface area contributed by atoms with Crippen molar-refractivity contribution >= 4 is 26.9 Å². The maximum atomic E-state index is 13.1. The van der Waals surface area contributed by atoms with E-state index >= 15 is 0 Å². The molecule has 9 heteroatoms. The fourth-order valence-corrected chi connectivity index (χ4v) is 2.90. The molecule has 0 unspecified atom stereocenters. The van der Waals surface area contributed by atoms with Crippen LogP contribution in [-0.4, -0.2) is 37.0 Å². The second-order valence-electron chi connectivity index (χ2n) is 5.11. The zero-order valence-corrected chi connectivity index (χ0v) is 13.7. The highest BCUT2D eigenvalue weighted by Crippen LogP contribution is 2.14. The summed E-state index contributed by atoms with van der Waals surface area (Å²) in [6, 6.07) is 7.47. The Hall–Kier alpha value is -2.52. The number of sulfonamides is 1. The summed E-state index contributed by atoms with van der Waals surface area (Å²) < 4.78 is 38.6. The number of H-pyrrole nitrogens is 1. The molecule has 0 radical (unpaired) electrons. The van der Waals surface area contributed by atoms with E-state index < -0.39 is 10.0 Å². The molecule has 0 atom stereocenters. The molecule has 0 amide bonds. The standard InChI is InChI=1S/C15H16FN5O2S/c1-17-24(22,23)11-3-5-14(19-9-11)18-7-6-15-20-12-4-2-10(16)8-13(12)21-15/h2-5,8-9,17H,6-7H2,1H3,(H,18,19)(H,20,21). The van der Waals surface area contributed by atoms with E-state index in [2.05, 4.69) is 25.0 Å². The zero-order chi connectivity index (χ0) is 17.2. The fraction of sp³-hybridized carbons (Fsp3) is 0.200. The van der Waals surface area contributed by atoms with Crippen LogP contribution in [0.15, 0.2) is 41.4 Å². The van der Waals surface area contributed by atoms with Crippen molar-refractivity contribution in [2.75, 3.05) is 18.9 Å². The first-order valence-corrected chi connectivity index (χ1v) is 8.74. The number of nitrogens with one attached hydrogen (secondary N) is 3. The van der Waals surface area contributed by atoms with E-state index in [1.54, 1.807) is 12.1 Å². The number of fused-ring (bicyclic) bond motifs is 1. The van der Waals surface area contributed by atoms with Crippen LogP contribution in [0.1, 0.15) is 5.82 Å². The smallest absolute Gasteiger partial charge is 0.241 e. The molecule has 24 heavy (non-hydrogen) atoms. The first-order valence-electron chi connectivity index (χ1n) is 7.25. The van der Waals surface area contributed by atoms with Crippen LogP contribution in [0.2, 0.25) is 0 Å². The van der Waals surface area contributed by atoms with Crippen molar-refractivity contribution < 1.29 is 12.8 Å². The number of halogens is 1. The van der Waals surface area contributed by atoms with E-state index in [1.807, 2.05) is 0 Å². The van der Waals surface area contributed by atoms with E-state index in [0.717, 1.165) is 5.82 Å². The van der Waals surface area contributed by atoms with Gasteiger partial charge in [-0.2, -0.15) is 0 Å². The van der Waals surface area contributed by atoms with E-state index in [9.17, 15) is 12.8 Å². The predicted molar refractivity (Wildman–Crippen MR) is 88.7 cm³/mol. The van der Waals surface area contributed by atoms with Crippen molar-refractivity contribution in [3.8, 4) is 0 Å². The van der Waals surface area contributed by atoms with Crippen molar-refractivity contribution in [3.63, 3.8) is 0 Å². The second kappa shape index (κ2) is 6.54. The molecule has 2 heterocycles. The van der Waals surface area contributed by atoms with E-state index in [1.165, 1.54) is 31.4 Å². The highest BCUT2D eigenvalue weighted by molar-refractivity contribution is 7.89. The summed E-state index contributed by atoms with van der Waals surface area (Å²) in [5.74, 6) is 0.987. The Balaban J connectivity index is 1.61. The van der Waals surface area contributed by atoms with Gasteiger partial charge in [0.15, 0.2) is 0 Å². The lowest BCUT2D eigenvalue weighted by Gasteiger charge is -2.06. The van der Waals surface area contributed by atoms with Gasteiger partial charge in [0, 0.05) is 19.2 Å². The minimum Gasteiger partial charge on any atom is -0.370 e. The number of nitrogens with zero attached hydrogens (tertiary/aromatic N) is 2. The Morgan fingerprint density at radius 2 is 2.08 bits per heavy atom. The molecule has 0 saturated carbocycles. The van der Waals surface area contributed by atoms with Gasteiger partial charge in [0.2, 0.25) is 10.0 Å². The Kier molecular flexibility index (Phi) is 4.45. The zero-order valence-electron chi connectivity index (χ0n) is 12.9. The van der Waals surface area contributed by atoms with Crippen LogP contribution in [0.25, 0.3) is 11.0 Å².